The van der Waals surface area contributed by atoms with Crippen LogP contribution in [0.5, 0.6) is 0 Å². The zero-order valence-electron chi connectivity index (χ0n) is 10.9. The van der Waals surface area contributed by atoms with Gasteiger partial charge in [0.1, 0.15) is 0 Å². The number of fused-ring (bicyclic) bond motifs is 1. The Morgan fingerprint density at radius 3 is 2.76 bits per heavy atom. The van der Waals surface area contributed by atoms with Crippen molar-refractivity contribution in [3.05, 3.63) is 59.9 Å². The molecule has 2 aromatic heterocycles. The van der Waals surface area contributed by atoms with Gasteiger partial charge in [-0.05, 0) is 33.6 Å². The molecule has 0 saturated carbocycles. The minimum Gasteiger partial charge on any atom is -0.308 e. The summed E-state index contributed by atoms with van der Waals surface area (Å²) in [6.45, 7) is 0.470. The Morgan fingerprint density at radius 1 is 1.29 bits per heavy atom. The van der Waals surface area contributed by atoms with Gasteiger partial charge in [-0.1, -0.05) is 28.1 Å². The van der Waals surface area contributed by atoms with Gasteiger partial charge in [-0.25, -0.2) is 9.78 Å². The normalized spacial score (nSPS) is 11.2. The van der Waals surface area contributed by atoms with E-state index in [9.17, 15) is 9.59 Å². The second kappa shape index (κ2) is 5.27. The summed E-state index contributed by atoms with van der Waals surface area (Å²) >= 11 is 6.77. The van der Waals surface area contributed by atoms with Crippen LogP contribution < -0.4 is 11.2 Å². The quantitative estimate of drug-likeness (QED) is 0.653. The van der Waals surface area contributed by atoms with E-state index in [1.807, 2.05) is 24.3 Å². The highest BCUT2D eigenvalue weighted by atomic mass is 79.9. The Kier molecular flexibility index (Phi) is 3.58. The number of H-pyrrole nitrogens is 1. The lowest BCUT2D eigenvalue weighted by Gasteiger charge is -2.06. The number of nitrogens with one attached hydrogen (secondary N) is 1. The smallest absolute Gasteiger partial charge is 0.308 e. The molecule has 0 saturated heterocycles. The van der Waals surface area contributed by atoms with Gasteiger partial charge in [0.15, 0.2) is 15.9 Å². The maximum atomic E-state index is 12.1. The van der Waals surface area contributed by atoms with Gasteiger partial charge in [0.2, 0.25) is 0 Å². The van der Waals surface area contributed by atoms with Crippen molar-refractivity contribution in [1.29, 1.82) is 0 Å². The summed E-state index contributed by atoms with van der Waals surface area (Å²) in [6.07, 6.45) is 0. The first-order valence-corrected chi connectivity index (χ1v) is 7.65. The number of hydrogen-bond acceptors (Lipinski definition) is 3. The second-order valence-electron chi connectivity index (χ2n) is 4.59. The number of rotatable bonds is 2. The summed E-state index contributed by atoms with van der Waals surface area (Å²) in [5.41, 5.74) is 0.806. The Hall–Kier alpha value is -1.67. The lowest BCUT2D eigenvalue weighted by atomic mass is 10.2. The van der Waals surface area contributed by atoms with Crippen LogP contribution in [-0.4, -0.2) is 19.1 Å². The third-order valence-corrected chi connectivity index (χ3v) is 4.29. The van der Waals surface area contributed by atoms with Gasteiger partial charge in [-0.3, -0.25) is 14.3 Å². The highest BCUT2D eigenvalue weighted by Gasteiger charge is 2.15. The largest absolute Gasteiger partial charge is 0.329 e. The molecule has 3 rings (SSSR count). The number of aromatic amines is 1. The molecule has 8 heteroatoms. The van der Waals surface area contributed by atoms with Crippen molar-refractivity contribution in [2.24, 2.45) is 7.05 Å². The Balaban J connectivity index is 2.24. The fourth-order valence-electron chi connectivity index (χ4n) is 2.17. The number of imidazole rings is 1. The molecule has 0 fully saturated rings. The molecule has 0 atom stereocenters. The molecular weight excluding hydrogens is 404 g/mol. The molecule has 0 radical (unpaired) electrons. The average Bonchev–Trinajstić information content (AvgIpc) is 2.74. The molecule has 0 aliphatic rings. The first-order chi connectivity index (χ1) is 9.97. The van der Waals surface area contributed by atoms with Crippen LogP contribution in [0.4, 0.5) is 0 Å². The molecule has 6 nitrogen and oxygen atoms in total. The molecular formula is C13H10Br2N4O2. The van der Waals surface area contributed by atoms with Gasteiger partial charge >= 0.3 is 5.69 Å². The van der Waals surface area contributed by atoms with Crippen molar-refractivity contribution in [3.63, 3.8) is 0 Å². The standard InChI is InChI=1S/C13H10Br2N4O2/c1-18-10-9(11(20)17-13(18)21)19(12(15)16-10)6-7-3-2-4-8(14)5-7/h2-5H,6H2,1H3,(H,17,20,21). The number of aryl methyl sites for hydroxylation is 1. The maximum absolute atomic E-state index is 12.1. The van der Waals surface area contributed by atoms with Crippen molar-refractivity contribution in [2.75, 3.05) is 0 Å². The monoisotopic (exact) mass is 412 g/mol. The number of aromatic nitrogens is 4. The number of benzene rings is 1. The van der Waals surface area contributed by atoms with Gasteiger partial charge in [0, 0.05) is 11.5 Å². The molecule has 1 aromatic carbocycles. The van der Waals surface area contributed by atoms with Crippen LogP contribution in [0.2, 0.25) is 0 Å². The van der Waals surface area contributed by atoms with E-state index in [1.165, 1.54) is 4.57 Å². The fourth-order valence-corrected chi connectivity index (χ4v) is 3.09. The van der Waals surface area contributed by atoms with E-state index < -0.39 is 11.2 Å². The summed E-state index contributed by atoms with van der Waals surface area (Å²) in [5.74, 6) is 0. The number of hydrogen-bond donors (Lipinski definition) is 1. The topological polar surface area (TPSA) is 72.7 Å². The van der Waals surface area contributed by atoms with E-state index in [-0.39, 0.29) is 0 Å². The minimum atomic E-state index is -0.480. The molecule has 0 aliphatic carbocycles. The van der Waals surface area contributed by atoms with Gasteiger partial charge in [0.25, 0.3) is 5.56 Å². The minimum absolute atomic E-state index is 0.352. The molecule has 0 bridgehead atoms. The summed E-state index contributed by atoms with van der Waals surface area (Å²) < 4.78 is 4.51. The van der Waals surface area contributed by atoms with E-state index in [1.54, 1.807) is 11.6 Å². The Bertz CT molecular complexity index is 955. The van der Waals surface area contributed by atoms with Crippen LogP contribution in [0.1, 0.15) is 5.56 Å². The Morgan fingerprint density at radius 2 is 2.05 bits per heavy atom. The summed E-state index contributed by atoms with van der Waals surface area (Å²) in [4.78, 5) is 30.3. The molecule has 0 spiro atoms. The molecule has 2 heterocycles. The lowest BCUT2D eigenvalue weighted by molar-refractivity contribution is 0.791. The SMILES string of the molecule is Cn1c(=O)[nH]c(=O)c2c1nc(Br)n2Cc1cccc(Br)c1. The van der Waals surface area contributed by atoms with Gasteiger partial charge in [-0.15, -0.1) is 0 Å². The van der Waals surface area contributed by atoms with Crippen LogP contribution in [0.3, 0.4) is 0 Å². The van der Waals surface area contributed by atoms with E-state index >= 15 is 0 Å². The van der Waals surface area contributed by atoms with Crippen molar-refractivity contribution in [3.8, 4) is 0 Å². The third-order valence-electron chi connectivity index (χ3n) is 3.19. The molecule has 108 valence electrons. The van der Waals surface area contributed by atoms with E-state index in [0.29, 0.717) is 22.4 Å². The number of nitrogens with zero attached hydrogens (tertiary/aromatic N) is 3. The van der Waals surface area contributed by atoms with Gasteiger partial charge in [-0.2, -0.15) is 0 Å². The first kappa shape index (κ1) is 14.3. The molecule has 0 amide bonds. The van der Waals surface area contributed by atoms with Crippen LogP contribution in [0.15, 0.2) is 43.1 Å². The van der Waals surface area contributed by atoms with Crippen LogP contribution in [-0.2, 0) is 13.6 Å². The lowest BCUT2D eigenvalue weighted by Crippen LogP contribution is -2.29. The second-order valence-corrected chi connectivity index (χ2v) is 6.21. The van der Waals surface area contributed by atoms with E-state index in [2.05, 4.69) is 41.8 Å². The summed E-state index contributed by atoms with van der Waals surface area (Å²) in [7, 11) is 1.57. The van der Waals surface area contributed by atoms with Crippen LogP contribution >= 0.6 is 31.9 Å². The molecule has 1 N–H and O–H groups in total. The van der Waals surface area contributed by atoms with Crippen molar-refractivity contribution < 1.29 is 0 Å². The van der Waals surface area contributed by atoms with Crippen molar-refractivity contribution in [2.45, 2.75) is 6.54 Å². The van der Waals surface area contributed by atoms with Crippen LogP contribution in [0, 0.1) is 0 Å². The summed E-state index contributed by atoms with van der Waals surface area (Å²) in [5, 5.41) is 0. The first-order valence-electron chi connectivity index (χ1n) is 6.07. The van der Waals surface area contributed by atoms with Crippen molar-refractivity contribution in [1.82, 2.24) is 19.1 Å². The zero-order valence-corrected chi connectivity index (χ0v) is 14.1. The maximum Gasteiger partial charge on any atom is 0.329 e. The van der Waals surface area contributed by atoms with Gasteiger partial charge in [0.05, 0.1) is 6.54 Å². The third kappa shape index (κ3) is 2.49. The Labute approximate surface area is 135 Å². The van der Waals surface area contributed by atoms with E-state index in [4.69, 9.17) is 0 Å². The fraction of sp³-hybridized carbons (Fsp3) is 0.154. The molecule has 21 heavy (non-hydrogen) atoms. The highest BCUT2D eigenvalue weighted by molar-refractivity contribution is 9.10. The van der Waals surface area contributed by atoms with Crippen LogP contribution in [0.25, 0.3) is 11.2 Å². The molecule has 0 aliphatic heterocycles. The highest BCUT2D eigenvalue weighted by Crippen LogP contribution is 2.19. The predicted octanol–water partition coefficient (Wildman–Crippen LogP) is 2.00. The van der Waals surface area contributed by atoms with E-state index in [0.717, 1.165) is 10.0 Å². The average molecular weight is 414 g/mol. The van der Waals surface area contributed by atoms with Gasteiger partial charge < -0.3 is 4.57 Å². The van der Waals surface area contributed by atoms with Crippen molar-refractivity contribution >= 4 is 43.0 Å². The predicted molar refractivity (Wildman–Crippen MR) is 86.5 cm³/mol. The zero-order chi connectivity index (χ0) is 15.1. The number of halogens is 2. The molecule has 3 aromatic rings. The molecule has 0 unspecified atom stereocenters. The summed E-state index contributed by atoms with van der Waals surface area (Å²) in [6, 6.07) is 7.78.